The third kappa shape index (κ3) is 15.4. The molecule has 2 aromatic heterocycles. The number of aromatic nitrogens is 4. The first-order chi connectivity index (χ1) is 40.1. The number of amides is 2. The highest BCUT2D eigenvalue weighted by molar-refractivity contribution is 7.67. The highest BCUT2D eigenvalue weighted by Crippen LogP contribution is 2.71. The number of phosphoric ester groups is 2. The summed E-state index contributed by atoms with van der Waals surface area (Å²) in [6.45, 7) is -0.309. The van der Waals surface area contributed by atoms with Gasteiger partial charge in [-0.2, -0.15) is 8.62 Å². The Bertz CT molecular complexity index is 3920. The van der Waals surface area contributed by atoms with Gasteiger partial charge in [0.2, 0.25) is 11.8 Å². The first-order valence-electron chi connectivity index (χ1n) is 25.2. The number of aliphatic hydroxyl groups is 1. The zero-order valence-corrected chi connectivity index (χ0v) is 47.4. The van der Waals surface area contributed by atoms with Crippen LogP contribution in [0.25, 0.3) is 44.6 Å². The summed E-state index contributed by atoms with van der Waals surface area (Å²) in [6.07, 6.45) is 3.05. The number of carboxylic acids is 1. The molecule has 5 unspecified atom stereocenters. The molecule has 0 saturated carbocycles. The van der Waals surface area contributed by atoms with Gasteiger partial charge in [-0.3, -0.25) is 42.6 Å². The van der Waals surface area contributed by atoms with E-state index in [0.717, 1.165) is 27.5 Å². The Morgan fingerprint density at radius 1 is 0.940 bits per heavy atom. The fraction of sp³-hybridized carbons (Fsp3) is 0.308. The van der Waals surface area contributed by atoms with Crippen molar-refractivity contribution in [1.82, 2.24) is 24.8 Å². The number of fused-ring (bicyclic) bond motifs is 3. The highest BCUT2D eigenvalue weighted by Gasteiger charge is 2.46. The number of aromatic hydroxyl groups is 1. The van der Waals surface area contributed by atoms with Gasteiger partial charge in [-0.15, -0.1) is 0 Å². The maximum absolute atomic E-state index is 13.1. The lowest BCUT2D eigenvalue weighted by atomic mass is 9.89. The van der Waals surface area contributed by atoms with Crippen molar-refractivity contribution in [2.75, 3.05) is 46.4 Å². The number of imidazole rings is 1. The minimum absolute atomic E-state index is 0.0231. The molecule has 0 spiro atoms. The second-order valence-corrected chi connectivity index (χ2v) is 23.9. The number of carbonyl (C=O) groups is 3. The lowest BCUT2D eigenvalue weighted by Crippen LogP contribution is -2.32. The van der Waals surface area contributed by atoms with Gasteiger partial charge in [0.05, 0.1) is 48.8 Å². The van der Waals surface area contributed by atoms with E-state index in [1.165, 1.54) is 55.1 Å². The monoisotopic (exact) mass is 1220 g/mol. The number of ether oxygens (including phenoxy) is 1. The maximum atomic E-state index is 13.1. The van der Waals surface area contributed by atoms with E-state index in [1.807, 2.05) is 0 Å². The molecule has 1 fully saturated rings. The lowest BCUT2D eigenvalue weighted by molar-refractivity contribution is -0.385. The number of hydrogen-bond donors (Lipinski definition) is 6. The number of carbonyl (C=O) groups excluding carboxylic acids is 2. The maximum Gasteiger partial charge on any atom is 0.492 e. The number of benzene rings is 4. The van der Waals surface area contributed by atoms with Crippen LogP contribution in [0.4, 0.5) is 11.5 Å². The number of nitrogens with one attached hydrogen (secondary N) is 2. The molecule has 6 atom stereocenters. The number of phenols is 1. The number of hydrogen-bond acceptors (Lipinski definition) is 23. The van der Waals surface area contributed by atoms with Crippen molar-refractivity contribution < 1.29 is 89.1 Å². The Kier molecular flexibility index (Phi) is 20.1. The van der Waals surface area contributed by atoms with Gasteiger partial charge in [0, 0.05) is 99.1 Å². The zero-order valence-electron chi connectivity index (χ0n) is 44.7. The number of nitrogens with zero attached hydrogens (tertiary/aromatic N) is 6. The first-order valence-corrected chi connectivity index (χ1v) is 29.7. The molecule has 84 heavy (non-hydrogen) atoms. The number of aliphatic imine (C=N–C) groups is 1. The van der Waals surface area contributed by atoms with Crippen LogP contribution in [0.15, 0.2) is 99.7 Å². The van der Waals surface area contributed by atoms with Crippen LogP contribution in [-0.2, 0) is 74.2 Å². The van der Waals surface area contributed by atoms with Crippen molar-refractivity contribution in [3.63, 3.8) is 0 Å². The number of nitro groups is 1. The standard InChI is InChI=1S/C52H53N8O21P3/c1-74-82(70,71)80-84(73,76-3)81-83(72,75-2)78-28-44-49(65)34(27-77-44)26-59-30-58-48-50(56-29-57-51(48)59)55-25-33-12-10-31(21-41(33)60(68)69)8-7-19-53-45(63)9-5-4-6-18-54-46(64)22-32-11-15-37(40(20-32)52(66)67)47-38-16-13-35(61)23-42(38)79-43-24-36(62)14-17-39(43)47/h10-17,19-21,23-24,29-30,34,44,49,61,65H,4-6,9,18,22,25-28H2,1-3H3,(H,54,64)(H,66,67)(H,70,71)(H,55,56,57)/t34?,44-,49?,83?,84?/m1/s1. The normalized spacial score (nSPS) is 17.3. The van der Waals surface area contributed by atoms with Crippen LogP contribution in [0.1, 0.15) is 52.7 Å². The number of carboxylic acid groups (broad SMARTS) is 1. The smallest absolute Gasteiger partial charge is 0.492 e. The molecule has 29 nitrogen and oxygen atoms in total. The molecule has 2 aliphatic heterocycles. The molecule has 0 bridgehead atoms. The van der Waals surface area contributed by atoms with Crippen LogP contribution in [0.2, 0.25) is 0 Å². The highest BCUT2D eigenvalue weighted by atomic mass is 31.3. The van der Waals surface area contributed by atoms with E-state index in [1.54, 1.807) is 34.9 Å². The van der Waals surface area contributed by atoms with Gasteiger partial charge in [0.1, 0.15) is 35.0 Å². The number of aliphatic hydroxyl groups excluding tert-OH is 1. The molecule has 442 valence electrons. The van der Waals surface area contributed by atoms with Gasteiger partial charge in [0.15, 0.2) is 16.9 Å². The van der Waals surface area contributed by atoms with Crippen LogP contribution >= 0.6 is 23.5 Å². The summed E-state index contributed by atoms with van der Waals surface area (Å²) >= 11 is 0. The van der Waals surface area contributed by atoms with Crippen LogP contribution in [0.3, 0.4) is 0 Å². The SMILES string of the molecule is COP(=O)(O)OP(=O)(OC)OP(=O)(OC)OC[C@H]1OCC(Cn2cnc3c(NCc4ccc(C#CC=NC(=O)CCCCCNC(=O)Cc5ccc(-c6c7ccc(=O)cc-7oc7cc(O)ccc67)c(C(=O)O)c5)cc4[N+](=O)[O-])ncnc32)C1O. The molecule has 5 aromatic rings. The number of unbranched alkanes of at least 4 members (excludes halogenated alkanes) is 2. The molecule has 32 heteroatoms. The van der Waals surface area contributed by atoms with Crippen molar-refractivity contribution in [2.24, 2.45) is 10.9 Å². The molecule has 4 heterocycles. The van der Waals surface area contributed by atoms with E-state index in [-0.39, 0.29) is 89.2 Å². The summed E-state index contributed by atoms with van der Waals surface area (Å²) in [4.78, 5) is 88.0. The molecule has 6 N–H and O–H groups in total. The topological polar surface area (TPSA) is 401 Å². The molecular formula is C52H53N8O21P3. The molecule has 1 saturated heterocycles. The summed E-state index contributed by atoms with van der Waals surface area (Å²) in [5, 5.41) is 50.0. The van der Waals surface area contributed by atoms with E-state index < -0.39 is 65.0 Å². The van der Waals surface area contributed by atoms with Crippen LogP contribution in [0, 0.1) is 27.9 Å². The van der Waals surface area contributed by atoms with E-state index in [2.05, 4.69) is 55.8 Å². The summed E-state index contributed by atoms with van der Waals surface area (Å²) in [6, 6.07) is 17.6. The van der Waals surface area contributed by atoms with Gasteiger partial charge in [-0.25, -0.2) is 38.4 Å². The predicted molar refractivity (Wildman–Crippen MR) is 298 cm³/mol. The van der Waals surface area contributed by atoms with Crippen molar-refractivity contribution >= 4 is 81.1 Å². The minimum Gasteiger partial charge on any atom is -0.508 e. The van der Waals surface area contributed by atoms with Crippen molar-refractivity contribution in [3.8, 4) is 40.0 Å². The van der Waals surface area contributed by atoms with Crippen LogP contribution < -0.4 is 16.1 Å². The summed E-state index contributed by atoms with van der Waals surface area (Å²) in [7, 11) is -12.4. The Balaban J connectivity index is 0.775. The average molecular weight is 1220 g/mol. The van der Waals surface area contributed by atoms with Crippen molar-refractivity contribution in [1.29, 1.82) is 0 Å². The largest absolute Gasteiger partial charge is 0.508 e. The molecule has 3 aliphatic rings. The number of phosphoric acid groups is 3. The summed E-state index contributed by atoms with van der Waals surface area (Å²) in [5.41, 5.74) is 2.53. The van der Waals surface area contributed by atoms with Gasteiger partial charge in [-0.1, -0.05) is 24.5 Å². The predicted octanol–water partition coefficient (Wildman–Crippen LogP) is 7.18. The quantitative estimate of drug-likeness (QED) is 0.00594. The number of aromatic carboxylic acids is 1. The Hall–Kier alpha value is -7.93. The second-order valence-electron chi connectivity index (χ2n) is 18.5. The third-order valence-corrected chi connectivity index (χ3v) is 18.0. The molecule has 1 aliphatic carbocycles. The van der Waals surface area contributed by atoms with E-state index in [4.69, 9.17) is 22.5 Å². The Morgan fingerprint density at radius 2 is 1.73 bits per heavy atom. The van der Waals surface area contributed by atoms with E-state index in [9.17, 15) is 63.2 Å². The summed E-state index contributed by atoms with van der Waals surface area (Å²) < 4.78 is 78.5. The average Bonchev–Trinajstić information content (AvgIpc) is 1.87. The Labute approximate surface area is 476 Å². The number of rotatable bonds is 26. The first kappa shape index (κ1) is 62.1. The fourth-order valence-electron chi connectivity index (χ4n) is 8.81. The molecule has 8 rings (SSSR count). The van der Waals surface area contributed by atoms with Crippen molar-refractivity contribution in [3.05, 3.63) is 128 Å². The second kappa shape index (κ2) is 27.2. The molecular weight excluding hydrogens is 1170 g/mol. The lowest BCUT2D eigenvalue weighted by Gasteiger charge is -2.23. The fourth-order valence-corrected chi connectivity index (χ4v) is 12.9. The molecule has 0 radical (unpaired) electrons. The zero-order chi connectivity index (χ0) is 60.3. The number of nitro benzene ring substituents is 1. The Morgan fingerprint density at radius 3 is 2.48 bits per heavy atom. The van der Waals surface area contributed by atoms with Crippen LogP contribution in [-0.4, -0.2) is 122 Å². The van der Waals surface area contributed by atoms with E-state index >= 15 is 0 Å². The van der Waals surface area contributed by atoms with Gasteiger partial charge in [-0.05, 0) is 72.4 Å². The van der Waals surface area contributed by atoms with Gasteiger partial charge >= 0.3 is 29.4 Å². The molecule has 3 aromatic carbocycles. The number of phenolic OH excluding ortho intramolecular Hbond substituents is 1. The minimum atomic E-state index is -5.04. The van der Waals surface area contributed by atoms with Crippen LogP contribution in [0.5, 0.6) is 5.75 Å². The third-order valence-electron chi connectivity index (χ3n) is 12.9. The van der Waals surface area contributed by atoms with E-state index in [0.29, 0.717) is 64.6 Å². The van der Waals surface area contributed by atoms with Gasteiger partial charge in [0.25, 0.3) is 5.69 Å². The summed E-state index contributed by atoms with van der Waals surface area (Å²) in [5.74, 6) is 3.12. The van der Waals surface area contributed by atoms with Crippen molar-refractivity contribution in [2.45, 2.75) is 57.4 Å². The van der Waals surface area contributed by atoms with Gasteiger partial charge < -0.3 is 44.6 Å². The number of anilines is 1. The molecule has 2 amide bonds.